The molecular formula is C14H17ClN2O4. The quantitative estimate of drug-likeness (QED) is 0.834. The zero-order valence-corrected chi connectivity index (χ0v) is 12.4. The van der Waals surface area contributed by atoms with Crippen molar-refractivity contribution >= 4 is 23.6 Å². The molecular weight excluding hydrogens is 296 g/mol. The van der Waals surface area contributed by atoms with E-state index in [0.29, 0.717) is 24.6 Å². The van der Waals surface area contributed by atoms with Crippen LogP contribution >= 0.6 is 11.6 Å². The van der Waals surface area contributed by atoms with Crippen molar-refractivity contribution < 1.29 is 19.1 Å². The molecule has 1 heterocycles. The van der Waals surface area contributed by atoms with E-state index >= 15 is 0 Å². The van der Waals surface area contributed by atoms with Gasteiger partial charge in [-0.25, -0.2) is 4.79 Å². The minimum absolute atomic E-state index is 0.200. The maximum atomic E-state index is 11.8. The molecule has 0 saturated carbocycles. The highest BCUT2D eigenvalue weighted by atomic mass is 35.5. The summed E-state index contributed by atoms with van der Waals surface area (Å²) in [6.45, 7) is 3.08. The number of carbonyl (C=O) groups excluding carboxylic acids is 2. The van der Waals surface area contributed by atoms with Crippen molar-refractivity contribution in [3.05, 3.63) is 28.8 Å². The number of amides is 2. The highest BCUT2D eigenvalue weighted by Crippen LogP contribution is 2.23. The molecule has 6 nitrogen and oxygen atoms in total. The van der Waals surface area contributed by atoms with Crippen molar-refractivity contribution in [1.29, 1.82) is 0 Å². The van der Waals surface area contributed by atoms with Crippen LogP contribution in [0.4, 0.5) is 4.79 Å². The summed E-state index contributed by atoms with van der Waals surface area (Å²) in [6.07, 6.45) is -0.748. The van der Waals surface area contributed by atoms with Gasteiger partial charge in [-0.1, -0.05) is 11.6 Å². The molecule has 1 aliphatic rings. The normalized spacial score (nSPS) is 17.0. The molecule has 1 atom stereocenters. The van der Waals surface area contributed by atoms with Gasteiger partial charge in [0.1, 0.15) is 5.75 Å². The van der Waals surface area contributed by atoms with Gasteiger partial charge in [0.05, 0.1) is 13.2 Å². The van der Waals surface area contributed by atoms with Gasteiger partial charge in [0, 0.05) is 11.6 Å². The number of rotatable bonds is 6. The van der Waals surface area contributed by atoms with E-state index in [-0.39, 0.29) is 12.5 Å². The van der Waals surface area contributed by atoms with Crippen LogP contribution in [-0.4, -0.2) is 37.8 Å². The summed E-state index contributed by atoms with van der Waals surface area (Å²) in [7, 11) is 0. The Morgan fingerprint density at radius 3 is 3.05 bits per heavy atom. The minimum atomic E-state index is -0.761. The molecule has 0 spiro atoms. The van der Waals surface area contributed by atoms with Gasteiger partial charge in [0.25, 0.3) is 5.91 Å². The summed E-state index contributed by atoms with van der Waals surface area (Å²) in [6, 6.07) is 5.39. The van der Waals surface area contributed by atoms with Crippen molar-refractivity contribution in [1.82, 2.24) is 10.6 Å². The van der Waals surface area contributed by atoms with Gasteiger partial charge in [0.15, 0.2) is 6.10 Å². The van der Waals surface area contributed by atoms with Crippen molar-refractivity contribution in [2.45, 2.75) is 19.4 Å². The molecule has 0 unspecified atom stereocenters. The summed E-state index contributed by atoms with van der Waals surface area (Å²) in [4.78, 5) is 22.6. The Bertz CT molecular complexity index is 536. The van der Waals surface area contributed by atoms with Crippen molar-refractivity contribution in [3.63, 3.8) is 0 Å². The Morgan fingerprint density at radius 1 is 1.57 bits per heavy atom. The van der Waals surface area contributed by atoms with Crippen LogP contribution in [0.15, 0.2) is 18.2 Å². The SMILES string of the molecule is CCOc1ccc(Cl)cc1CCNC(=O)[C@@H]1CNC(=O)O1. The first kappa shape index (κ1) is 15.4. The lowest BCUT2D eigenvalue weighted by molar-refractivity contribution is -0.127. The van der Waals surface area contributed by atoms with Crippen LogP contribution in [0, 0.1) is 0 Å². The first-order valence-electron chi connectivity index (χ1n) is 6.73. The fourth-order valence-corrected chi connectivity index (χ4v) is 2.20. The van der Waals surface area contributed by atoms with E-state index in [1.807, 2.05) is 19.1 Å². The number of alkyl carbamates (subject to hydrolysis) is 1. The van der Waals surface area contributed by atoms with E-state index in [4.69, 9.17) is 21.1 Å². The van der Waals surface area contributed by atoms with Crippen molar-refractivity contribution in [2.75, 3.05) is 19.7 Å². The predicted molar refractivity (Wildman–Crippen MR) is 77.6 cm³/mol. The number of carbonyl (C=O) groups is 2. The minimum Gasteiger partial charge on any atom is -0.494 e. The summed E-state index contributed by atoms with van der Waals surface area (Å²) in [5, 5.41) is 5.78. The molecule has 0 radical (unpaired) electrons. The molecule has 1 fully saturated rings. The van der Waals surface area contributed by atoms with E-state index < -0.39 is 12.2 Å². The highest BCUT2D eigenvalue weighted by molar-refractivity contribution is 6.30. The van der Waals surface area contributed by atoms with E-state index in [9.17, 15) is 9.59 Å². The van der Waals surface area contributed by atoms with Gasteiger partial charge in [-0.05, 0) is 37.1 Å². The predicted octanol–water partition coefficient (Wildman–Crippen LogP) is 1.51. The number of ether oxygens (including phenoxy) is 2. The molecule has 2 rings (SSSR count). The topological polar surface area (TPSA) is 76.7 Å². The van der Waals surface area contributed by atoms with Gasteiger partial charge >= 0.3 is 6.09 Å². The van der Waals surface area contributed by atoms with Crippen LogP contribution < -0.4 is 15.4 Å². The largest absolute Gasteiger partial charge is 0.494 e. The monoisotopic (exact) mass is 312 g/mol. The lowest BCUT2D eigenvalue weighted by Crippen LogP contribution is -2.37. The average molecular weight is 313 g/mol. The molecule has 1 saturated heterocycles. The van der Waals surface area contributed by atoms with Crippen LogP contribution in [0.5, 0.6) is 5.75 Å². The molecule has 1 aliphatic heterocycles. The molecule has 2 N–H and O–H groups in total. The molecule has 1 aromatic rings. The Labute approximate surface area is 127 Å². The van der Waals surface area contributed by atoms with Gasteiger partial charge in [0.2, 0.25) is 0 Å². The van der Waals surface area contributed by atoms with Gasteiger partial charge < -0.3 is 20.1 Å². The second-order valence-electron chi connectivity index (χ2n) is 4.50. The molecule has 2 amide bonds. The molecule has 114 valence electrons. The molecule has 0 aliphatic carbocycles. The number of nitrogens with one attached hydrogen (secondary N) is 2. The first-order chi connectivity index (χ1) is 10.1. The Hall–Kier alpha value is -1.95. The molecule has 21 heavy (non-hydrogen) atoms. The number of hydrogen-bond donors (Lipinski definition) is 2. The Morgan fingerprint density at radius 2 is 2.38 bits per heavy atom. The first-order valence-corrected chi connectivity index (χ1v) is 7.11. The van der Waals surface area contributed by atoms with E-state index in [1.165, 1.54) is 0 Å². The maximum Gasteiger partial charge on any atom is 0.408 e. The zero-order chi connectivity index (χ0) is 15.2. The van der Waals surface area contributed by atoms with Crippen LogP contribution in [0.25, 0.3) is 0 Å². The average Bonchev–Trinajstić information content (AvgIpc) is 2.88. The van der Waals surface area contributed by atoms with Gasteiger partial charge in [-0.3, -0.25) is 4.79 Å². The molecule has 0 aromatic heterocycles. The van der Waals surface area contributed by atoms with Crippen LogP contribution in [0.3, 0.4) is 0 Å². The third kappa shape index (κ3) is 4.26. The van der Waals surface area contributed by atoms with E-state index in [2.05, 4.69) is 10.6 Å². The van der Waals surface area contributed by atoms with Crippen molar-refractivity contribution in [3.8, 4) is 5.75 Å². The molecule has 0 bridgehead atoms. The Kier molecular flexibility index (Phi) is 5.27. The fraction of sp³-hybridized carbons (Fsp3) is 0.429. The fourth-order valence-electron chi connectivity index (χ4n) is 2.01. The third-order valence-corrected chi connectivity index (χ3v) is 3.22. The molecule has 7 heteroatoms. The number of cyclic esters (lactones) is 1. The molecule has 1 aromatic carbocycles. The van der Waals surface area contributed by atoms with E-state index in [1.54, 1.807) is 6.07 Å². The van der Waals surface area contributed by atoms with Gasteiger partial charge in [-0.2, -0.15) is 0 Å². The van der Waals surface area contributed by atoms with Gasteiger partial charge in [-0.15, -0.1) is 0 Å². The number of benzene rings is 1. The summed E-state index contributed by atoms with van der Waals surface area (Å²) in [5.41, 5.74) is 0.922. The second-order valence-corrected chi connectivity index (χ2v) is 4.94. The van der Waals surface area contributed by atoms with Crippen LogP contribution in [0.1, 0.15) is 12.5 Å². The standard InChI is InChI=1S/C14H17ClN2O4/c1-2-20-11-4-3-10(15)7-9(11)5-6-16-13(18)12-8-17-14(19)21-12/h3-4,7,12H,2,5-6,8H2,1H3,(H,16,18)(H,17,19)/t12-/m0/s1. The number of halogens is 1. The third-order valence-electron chi connectivity index (χ3n) is 2.99. The lowest BCUT2D eigenvalue weighted by Gasteiger charge is -2.12. The smallest absolute Gasteiger partial charge is 0.408 e. The van der Waals surface area contributed by atoms with Crippen molar-refractivity contribution in [2.24, 2.45) is 0 Å². The van der Waals surface area contributed by atoms with Crippen LogP contribution in [0.2, 0.25) is 5.02 Å². The summed E-state index contributed by atoms with van der Waals surface area (Å²) < 4.78 is 10.3. The summed E-state index contributed by atoms with van der Waals surface area (Å²) in [5.74, 6) is 0.443. The number of hydrogen-bond acceptors (Lipinski definition) is 4. The highest BCUT2D eigenvalue weighted by Gasteiger charge is 2.28. The lowest BCUT2D eigenvalue weighted by atomic mass is 10.1. The maximum absolute atomic E-state index is 11.8. The second kappa shape index (κ2) is 7.17. The summed E-state index contributed by atoms with van der Waals surface area (Å²) >= 11 is 5.97. The van der Waals surface area contributed by atoms with Crippen LogP contribution in [-0.2, 0) is 16.0 Å². The zero-order valence-electron chi connectivity index (χ0n) is 11.6. The Balaban J connectivity index is 1.86. The van der Waals surface area contributed by atoms with E-state index in [0.717, 1.165) is 11.3 Å².